The molecular weight excluding hydrogens is 372 g/mol. The van der Waals surface area contributed by atoms with E-state index in [1.54, 1.807) is 17.0 Å². The van der Waals surface area contributed by atoms with E-state index in [0.29, 0.717) is 31.9 Å². The number of nitrogens with zero attached hydrogens (tertiary/aromatic N) is 1. The van der Waals surface area contributed by atoms with Gasteiger partial charge in [-0.3, -0.25) is 14.4 Å². The van der Waals surface area contributed by atoms with Gasteiger partial charge in [0.05, 0.1) is 12.5 Å². The van der Waals surface area contributed by atoms with Gasteiger partial charge in [0, 0.05) is 26.2 Å². The number of hydrogen-bond acceptors (Lipinski definition) is 5. The van der Waals surface area contributed by atoms with Gasteiger partial charge in [-0.05, 0) is 25.0 Å². The molecule has 9 heteroatoms. The van der Waals surface area contributed by atoms with Gasteiger partial charge in [0.1, 0.15) is 5.75 Å². The lowest BCUT2D eigenvalue weighted by atomic mass is 9.97. The molecule has 1 aliphatic heterocycles. The molecule has 4 N–H and O–H groups in total. The van der Waals surface area contributed by atoms with Crippen LogP contribution in [0.2, 0.25) is 0 Å². The van der Waals surface area contributed by atoms with Gasteiger partial charge in [0.25, 0.3) is 5.91 Å². The largest absolute Gasteiger partial charge is 0.484 e. The molecule has 0 aliphatic carbocycles. The Hall–Kier alpha value is -2.32. The van der Waals surface area contributed by atoms with Crippen molar-refractivity contribution < 1.29 is 19.1 Å². The molecule has 8 nitrogen and oxygen atoms in total. The van der Waals surface area contributed by atoms with Crippen molar-refractivity contribution >= 4 is 30.1 Å². The van der Waals surface area contributed by atoms with Crippen LogP contribution in [0.4, 0.5) is 0 Å². The SMILES string of the molecule is Cl.NCCNC(=O)C1CCCN(C(=O)CNC(=O)COc2ccccc2)C1. The molecule has 0 bridgehead atoms. The summed E-state index contributed by atoms with van der Waals surface area (Å²) in [6.07, 6.45) is 1.51. The molecule has 1 aromatic rings. The van der Waals surface area contributed by atoms with Gasteiger partial charge in [-0.15, -0.1) is 12.4 Å². The van der Waals surface area contributed by atoms with Gasteiger partial charge >= 0.3 is 0 Å². The molecule has 1 fully saturated rings. The summed E-state index contributed by atoms with van der Waals surface area (Å²) in [5, 5.41) is 5.31. The van der Waals surface area contributed by atoms with Crippen LogP contribution >= 0.6 is 12.4 Å². The highest BCUT2D eigenvalue weighted by molar-refractivity contribution is 5.86. The number of carbonyl (C=O) groups is 3. The van der Waals surface area contributed by atoms with Gasteiger partial charge in [0.2, 0.25) is 11.8 Å². The van der Waals surface area contributed by atoms with Crippen molar-refractivity contribution in [1.82, 2.24) is 15.5 Å². The van der Waals surface area contributed by atoms with Crippen LogP contribution < -0.4 is 21.1 Å². The molecule has 1 unspecified atom stereocenters. The minimum Gasteiger partial charge on any atom is -0.484 e. The summed E-state index contributed by atoms with van der Waals surface area (Å²) >= 11 is 0. The Morgan fingerprint density at radius 3 is 2.63 bits per heavy atom. The average molecular weight is 399 g/mol. The highest BCUT2D eigenvalue weighted by Gasteiger charge is 2.28. The summed E-state index contributed by atoms with van der Waals surface area (Å²) in [4.78, 5) is 37.7. The van der Waals surface area contributed by atoms with Crippen molar-refractivity contribution in [3.8, 4) is 5.75 Å². The number of para-hydroxylation sites is 1. The van der Waals surface area contributed by atoms with Crippen molar-refractivity contribution in [3.05, 3.63) is 30.3 Å². The van der Waals surface area contributed by atoms with E-state index in [-0.39, 0.29) is 49.2 Å². The summed E-state index contributed by atoms with van der Waals surface area (Å²) < 4.78 is 5.33. The lowest BCUT2D eigenvalue weighted by Gasteiger charge is -2.32. The third-order valence-corrected chi connectivity index (χ3v) is 4.14. The molecule has 0 spiro atoms. The monoisotopic (exact) mass is 398 g/mol. The summed E-state index contributed by atoms with van der Waals surface area (Å²) in [5.41, 5.74) is 5.38. The van der Waals surface area contributed by atoms with E-state index in [4.69, 9.17) is 10.5 Å². The van der Waals surface area contributed by atoms with E-state index in [1.165, 1.54) is 0 Å². The highest BCUT2D eigenvalue weighted by atomic mass is 35.5. The first-order chi connectivity index (χ1) is 12.6. The average Bonchev–Trinajstić information content (AvgIpc) is 2.69. The van der Waals surface area contributed by atoms with E-state index in [1.807, 2.05) is 18.2 Å². The molecule has 0 saturated carbocycles. The van der Waals surface area contributed by atoms with Crippen LogP contribution in [0.25, 0.3) is 0 Å². The molecule has 150 valence electrons. The molecule has 1 aliphatic rings. The number of nitrogens with one attached hydrogen (secondary N) is 2. The first kappa shape index (κ1) is 22.7. The Bertz CT molecular complexity index is 615. The third-order valence-electron chi connectivity index (χ3n) is 4.14. The van der Waals surface area contributed by atoms with Crippen LogP contribution in [-0.2, 0) is 14.4 Å². The minimum atomic E-state index is -0.364. The predicted molar refractivity (Wildman–Crippen MR) is 104 cm³/mol. The zero-order chi connectivity index (χ0) is 18.8. The second-order valence-electron chi connectivity index (χ2n) is 6.14. The molecule has 0 aromatic heterocycles. The molecule has 1 saturated heterocycles. The number of amides is 3. The van der Waals surface area contributed by atoms with Crippen molar-refractivity contribution in [2.75, 3.05) is 39.3 Å². The Kier molecular flexibility index (Phi) is 10.2. The van der Waals surface area contributed by atoms with E-state index in [9.17, 15) is 14.4 Å². The van der Waals surface area contributed by atoms with Crippen molar-refractivity contribution in [2.24, 2.45) is 11.7 Å². The van der Waals surface area contributed by atoms with Gasteiger partial charge in [0.15, 0.2) is 6.61 Å². The first-order valence-electron chi connectivity index (χ1n) is 8.80. The number of likely N-dealkylation sites (tertiary alicyclic amines) is 1. The maximum Gasteiger partial charge on any atom is 0.258 e. The topological polar surface area (TPSA) is 114 Å². The van der Waals surface area contributed by atoms with Crippen LogP contribution in [0.3, 0.4) is 0 Å². The lowest BCUT2D eigenvalue weighted by Crippen LogP contribution is -2.49. The van der Waals surface area contributed by atoms with E-state index in [0.717, 1.165) is 12.8 Å². The lowest BCUT2D eigenvalue weighted by molar-refractivity contribution is -0.137. The number of nitrogens with two attached hydrogens (primary N) is 1. The summed E-state index contributed by atoms with van der Waals surface area (Å²) in [6.45, 7) is 1.52. The van der Waals surface area contributed by atoms with E-state index < -0.39 is 0 Å². The van der Waals surface area contributed by atoms with Crippen LogP contribution in [0.5, 0.6) is 5.75 Å². The number of halogens is 1. The van der Waals surface area contributed by atoms with Crippen LogP contribution in [-0.4, -0.2) is 62.0 Å². The second kappa shape index (κ2) is 12.1. The highest BCUT2D eigenvalue weighted by Crippen LogP contribution is 2.16. The third kappa shape index (κ3) is 7.84. The van der Waals surface area contributed by atoms with Crippen molar-refractivity contribution in [1.29, 1.82) is 0 Å². The fourth-order valence-electron chi connectivity index (χ4n) is 2.76. The molecule has 3 amide bonds. The quantitative estimate of drug-likeness (QED) is 0.566. The van der Waals surface area contributed by atoms with Crippen LogP contribution in [0, 0.1) is 5.92 Å². The fraction of sp³-hybridized carbons (Fsp3) is 0.500. The number of hydrogen-bond donors (Lipinski definition) is 3. The van der Waals surface area contributed by atoms with Crippen molar-refractivity contribution in [3.63, 3.8) is 0 Å². The first-order valence-corrected chi connectivity index (χ1v) is 8.80. The maximum atomic E-state index is 12.3. The molecule has 2 rings (SSSR count). The van der Waals surface area contributed by atoms with E-state index in [2.05, 4.69) is 10.6 Å². The predicted octanol–water partition coefficient (Wildman–Crippen LogP) is -0.0831. The zero-order valence-electron chi connectivity index (χ0n) is 15.2. The smallest absolute Gasteiger partial charge is 0.258 e. The van der Waals surface area contributed by atoms with Crippen LogP contribution in [0.15, 0.2) is 30.3 Å². The Balaban J connectivity index is 0.00000364. The number of carbonyl (C=O) groups excluding carboxylic acids is 3. The molecule has 1 heterocycles. The number of piperidine rings is 1. The fourth-order valence-corrected chi connectivity index (χ4v) is 2.76. The normalized spacial score (nSPS) is 16.0. The second-order valence-corrected chi connectivity index (χ2v) is 6.14. The van der Waals surface area contributed by atoms with Gasteiger partial charge in [-0.25, -0.2) is 0 Å². The minimum absolute atomic E-state index is 0. The number of rotatable bonds is 8. The molecule has 27 heavy (non-hydrogen) atoms. The molecule has 1 atom stereocenters. The Labute approximate surface area is 165 Å². The van der Waals surface area contributed by atoms with E-state index >= 15 is 0 Å². The van der Waals surface area contributed by atoms with Crippen LogP contribution in [0.1, 0.15) is 12.8 Å². The number of ether oxygens (including phenoxy) is 1. The maximum absolute atomic E-state index is 12.3. The molecule has 0 radical (unpaired) electrons. The summed E-state index contributed by atoms with van der Waals surface area (Å²) in [6, 6.07) is 8.98. The Morgan fingerprint density at radius 2 is 1.93 bits per heavy atom. The molecular formula is C18H27ClN4O4. The number of benzene rings is 1. The van der Waals surface area contributed by atoms with Gasteiger partial charge in [-0.1, -0.05) is 18.2 Å². The van der Waals surface area contributed by atoms with Gasteiger partial charge in [-0.2, -0.15) is 0 Å². The standard InChI is InChI=1S/C18H26N4O4.ClH/c19-8-9-20-18(25)14-5-4-10-22(12-14)17(24)11-21-16(23)13-26-15-6-2-1-3-7-15;/h1-3,6-7,14H,4-5,8-13,19H2,(H,20,25)(H,21,23);1H. The summed E-state index contributed by atoms with van der Waals surface area (Å²) in [5.74, 6) is -0.271. The Morgan fingerprint density at radius 1 is 1.19 bits per heavy atom. The molecule has 1 aromatic carbocycles. The summed E-state index contributed by atoms with van der Waals surface area (Å²) in [7, 11) is 0. The van der Waals surface area contributed by atoms with Gasteiger partial charge < -0.3 is 26.0 Å². The zero-order valence-corrected chi connectivity index (χ0v) is 16.0. The van der Waals surface area contributed by atoms with Crippen molar-refractivity contribution in [2.45, 2.75) is 12.8 Å².